The molecule has 1 aliphatic carbocycles. The molecular formula is C26H20BrClF3N7O4. The van der Waals surface area contributed by atoms with Crippen molar-refractivity contribution in [2.75, 3.05) is 18.4 Å². The maximum absolute atomic E-state index is 13.7. The number of carbonyl (C=O) groups excluding carboxylic acids is 2. The summed E-state index contributed by atoms with van der Waals surface area (Å²) in [6, 6.07) is 5.49. The van der Waals surface area contributed by atoms with Gasteiger partial charge < -0.3 is 19.9 Å². The minimum absolute atomic E-state index is 0.00867. The molecule has 3 aromatic heterocycles. The number of anilines is 1. The van der Waals surface area contributed by atoms with E-state index in [1.807, 2.05) is 0 Å². The third-order valence-corrected chi connectivity index (χ3v) is 8.21. The van der Waals surface area contributed by atoms with Crippen LogP contribution in [0.4, 0.5) is 18.9 Å². The zero-order valence-corrected chi connectivity index (χ0v) is 23.8. The Balaban J connectivity index is 1.34. The van der Waals surface area contributed by atoms with Gasteiger partial charge in [-0.2, -0.15) is 22.7 Å². The van der Waals surface area contributed by atoms with Gasteiger partial charge in [-0.05, 0) is 65.5 Å². The van der Waals surface area contributed by atoms with Crippen LogP contribution in [-0.4, -0.2) is 59.1 Å². The molecular weight excluding hydrogens is 647 g/mol. The predicted molar refractivity (Wildman–Crippen MR) is 146 cm³/mol. The number of nitrogens with one attached hydrogen (secondary N) is 1. The van der Waals surface area contributed by atoms with Crippen molar-refractivity contribution in [3.05, 3.63) is 79.2 Å². The van der Waals surface area contributed by atoms with E-state index >= 15 is 0 Å². The molecule has 1 saturated heterocycles. The van der Waals surface area contributed by atoms with Crippen molar-refractivity contribution in [3.8, 4) is 5.75 Å². The van der Waals surface area contributed by atoms with Crippen molar-refractivity contribution in [2.24, 2.45) is 0 Å². The molecule has 6 rings (SSSR count). The largest absolute Gasteiger partial charge is 0.505 e. The van der Waals surface area contributed by atoms with E-state index in [2.05, 4.69) is 36.3 Å². The first kappa shape index (κ1) is 28.2. The van der Waals surface area contributed by atoms with E-state index < -0.39 is 34.5 Å². The fraction of sp³-hybridized carbons (Fsp3) is 0.308. The van der Waals surface area contributed by atoms with Crippen LogP contribution in [0.1, 0.15) is 40.2 Å². The molecule has 4 heterocycles. The van der Waals surface area contributed by atoms with E-state index in [4.69, 9.17) is 11.6 Å². The molecule has 4 aromatic rings. The third kappa shape index (κ3) is 4.69. The van der Waals surface area contributed by atoms with E-state index in [1.165, 1.54) is 23.2 Å². The Morgan fingerprint density at radius 1 is 1.21 bits per heavy atom. The smallest absolute Gasteiger partial charge is 0.416 e. The number of hydrogen-bond acceptors (Lipinski definition) is 7. The molecule has 2 amide bonds. The molecule has 42 heavy (non-hydrogen) atoms. The monoisotopic (exact) mass is 665 g/mol. The molecule has 0 saturated carbocycles. The molecule has 1 aliphatic heterocycles. The molecule has 0 bridgehead atoms. The van der Waals surface area contributed by atoms with Crippen LogP contribution >= 0.6 is 27.5 Å². The summed E-state index contributed by atoms with van der Waals surface area (Å²) in [5.74, 6) is -1.23. The summed E-state index contributed by atoms with van der Waals surface area (Å²) < 4.78 is 41.9. The molecule has 11 nitrogen and oxygen atoms in total. The zero-order chi connectivity index (χ0) is 30.0. The molecule has 2 N–H and O–H groups in total. The first-order valence-corrected chi connectivity index (χ1v) is 13.8. The minimum atomic E-state index is -4.59. The quantitative estimate of drug-likeness (QED) is 0.339. The lowest BCUT2D eigenvalue weighted by Gasteiger charge is -2.52. The number of halogens is 5. The molecule has 218 valence electrons. The fourth-order valence-corrected chi connectivity index (χ4v) is 6.28. The van der Waals surface area contributed by atoms with Crippen molar-refractivity contribution < 1.29 is 27.9 Å². The molecule has 0 atom stereocenters. The van der Waals surface area contributed by atoms with Gasteiger partial charge in [0.25, 0.3) is 11.5 Å². The van der Waals surface area contributed by atoms with E-state index in [0.29, 0.717) is 30.5 Å². The Morgan fingerprint density at radius 2 is 1.98 bits per heavy atom. The molecule has 1 aromatic carbocycles. The first-order valence-electron chi connectivity index (χ1n) is 12.7. The molecule has 0 unspecified atom stereocenters. The summed E-state index contributed by atoms with van der Waals surface area (Å²) in [7, 11) is 0. The van der Waals surface area contributed by atoms with Gasteiger partial charge in [0.05, 0.1) is 16.3 Å². The van der Waals surface area contributed by atoms with Crippen molar-refractivity contribution in [1.82, 2.24) is 29.0 Å². The number of aromatic hydroxyl groups is 1. The van der Waals surface area contributed by atoms with Gasteiger partial charge >= 0.3 is 6.18 Å². The van der Waals surface area contributed by atoms with Crippen LogP contribution in [0, 0.1) is 0 Å². The SMILES string of the molecule is O=C(Cn1c2c(c(=O)n3nc(Br)nc13)C1(CCC2)CN(C(=O)c2ncccc2O)C1)Nc1ccc(C(F)(F)F)cc1Cl. The van der Waals surface area contributed by atoms with Gasteiger partial charge in [-0.15, -0.1) is 5.10 Å². The summed E-state index contributed by atoms with van der Waals surface area (Å²) >= 11 is 9.21. The number of benzene rings is 1. The topological polar surface area (TPSA) is 135 Å². The number of pyridine rings is 1. The van der Waals surface area contributed by atoms with Crippen LogP contribution in [0.3, 0.4) is 0 Å². The highest BCUT2D eigenvalue weighted by atomic mass is 79.9. The Morgan fingerprint density at radius 3 is 2.67 bits per heavy atom. The summed E-state index contributed by atoms with van der Waals surface area (Å²) in [5, 5.41) is 16.5. The number of fused-ring (bicyclic) bond motifs is 3. The minimum Gasteiger partial charge on any atom is -0.505 e. The highest BCUT2D eigenvalue weighted by Gasteiger charge is 2.52. The number of likely N-dealkylation sites (tertiary alicyclic amines) is 1. The lowest BCUT2D eigenvalue weighted by molar-refractivity contribution is -0.137. The highest BCUT2D eigenvalue weighted by Crippen LogP contribution is 2.43. The second kappa shape index (κ2) is 10.1. The highest BCUT2D eigenvalue weighted by molar-refractivity contribution is 9.10. The van der Waals surface area contributed by atoms with Crippen LogP contribution in [0.25, 0.3) is 5.78 Å². The van der Waals surface area contributed by atoms with Gasteiger partial charge in [-0.3, -0.25) is 14.4 Å². The van der Waals surface area contributed by atoms with E-state index in [0.717, 1.165) is 22.7 Å². The number of nitrogens with zero attached hydrogens (tertiary/aromatic N) is 6. The normalized spacial score (nSPS) is 15.9. The van der Waals surface area contributed by atoms with Gasteiger partial charge in [0.15, 0.2) is 5.69 Å². The average molecular weight is 667 g/mol. The number of aromatic nitrogens is 5. The van der Waals surface area contributed by atoms with Crippen LogP contribution in [0.5, 0.6) is 5.75 Å². The van der Waals surface area contributed by atoms with Gasteiger partial charge in [0.1, 0.15) is 12.3 Å². The molecule has 1 fully saturated rings. The summed E-state index contributed by atoms with van der Waals surface area (Å²) in [6.45, 7) is 0.0484. The summed E-state index contributed by atoms with van der Waals surface area (Å²) in [5.41, 5.74) is -1.22. The first-order chi connectivity index (χ1) is 19.9. The predicted octanol–water partition coefficient (Wildman–Crippen LogP) is 3.80. The lowest BCUT2D eigenvalue weighted by Crippen LogP contribution is -2.64. The van der Waals surface area contributed by atoms with Crippen molar-refractivity contribution >= 4 is 50.8 Å². The molecule has 1 spiro atoms. The fourth-order valence-electron chi connectivity index (χ4n) is 5.74. The number of rotatable bonds is 4. The van der Waals surface area contributed by atoms with Crippen LogP contribution in [0.2, 0.25) is 5.02 Å². The Kier molecular flexibility index (Phi) is 6.76. The Bertz CT molecular complexity index is 1840. The van der Waals surface area contributed by atoms with Crippen molar-refractivity contribution in [3.63, 3.8) is 0 Å². The van der Waals surface area contributed by atoms with Gasteiger partial charge in [-0.25, -0.2) is 4.98 Å². The Labute approximate surface area is 248 Å². The maximum Gasteiger partial charge on any atom is 0.416 e. The molecule has 0 radical (unpaired) electrons. The molecule has 2 aliphatic rings. The number of alkyl halides is 3. The van der Waals surface area contributed by atoms with Crippen LogP contribution in [-0.2, 0) is 29.4 Å². The summed E-state index contributed by atoms with van der Waals surface area (Å²) in [6.07, 6.45) is -1.50. The van der Waals surface area contributed by atoms with Crippen molar-refractivity contribution in [1.29, 1.82) is 0 Å². The van der Waals surface area contributed by atoms with Crippen molar-refractivity contribution in [2.45, 2.75) is 37.4 Å². The van der Waals surface area contributed by atoms with Gasteiger partial charge in [-0.1, -0.05) is 11.6 Å². The second-order valence-electron chi connectivity index (χ2n) is 10.2. The van der Waals surface area contributed by atoms with Crippen LogP contribution in [0.15, 0.2) is 46.1 Å². The van der Waals surface area contributed by atoms with E-state index in [-0.39, 0.29) is 52.3 Å². The standard InChI is InChI=1S/C26H20BrClF3N7O4/c27-23-34-24-37(10-18(40)33-15-6-5-13(9-14(15)28)26(29,30)31)16-3-1-7-25(19(16)21(41)38(24)35-23)11-36(12-25)22(42)20-17(39)4-2-8-32-20/h2,4-6,8-9,39H,1,3,7,10-12H2,(H,33,40). The van der Waals surface area contributed by atoms with Gasteiger partial charge in [0, 0.05) is 36.0 Å². The van der Waals surface area contributed by atoms with Gasteiger partial charge in [0.2, 0.25) is 16.4 Å². The zero-order valence-electron chi connectivity index (χ0n) is 21.5. The third-order valence-electron chi connectivity index (χ3n) is 7.56. The van der Waals surface area contributed by atoms with E-state index in [1.54, 1.807) is 4.57 Å². The maximum atomic E-state index is 13.7. The Hall–Kier alpha value is -3.98. The second-order valence-corrected chi connectivity index (χ2v) is 11.3. The number of amides is 2. The lowest BCUT2D eigenvalue weighted by atomic mass is 9.66. The number of carbonyl (C=O) groups is 2. The molecule has 16 heteroatoms. The van der Waals surface area contributed by atoms with E-state index in [9.17, 15) is 32.7 Å². The average Bonchev–Trinajstić information content (AvgIpc) is 3.31. The van der Waals surface area contributed by atoms with Crippen LogP contribution < -0.4 is 10.9 Å². The summed E-state index contributed by atoms with van der Waals surface area (Å²) in [4.78, 5) is 49.7. The number of hydrogen-bond donors (Lipinski definition) is 2.